The summed E-state index contributed by atoms with van der Waals surface area (Å²) in [6.07, 6.45) is -3.95. The lowest BCUT2D eigenvalue weighted by molar-refractivity contribution is -0.274. The third kappa shape index (κ3) is 5.59. The molecule has 0 aliphatic heterocycles. The topological polar surface area (TPSA) is 61.2 Å². The van der Waals surface area contributed by atoms with E-state index in [2.05, 4.69) is 25.8 Å². The maximum absolute atomic E-state index is 12.6. The van der Waals surface area contributed by atoms with Crippen LogP contribution in [-0.2, 0) is 22.6 Å². The Hall–Kier alpha value is -1.83. The van der Waals surface area contributed by atoms with Crippen molar-refractivity contribution in [1.82, 2.24) is 9.78 Å². The van der Waals surface area contributed by atoms with Crippen LogP contribution in [0.25, 0.3) is 11.3 Å². The molecule has 0 unspecified atom stereocenters. The van der Waals surface area contributed by atoms with Gasteiger partial charge in [0.05, 0.1) is 16.4 Å². The number of rotatable bonds is 4. The van der Waals surface area contributed by atoms with Crippen LogP contribution < -0.4 is 4.74 Å². The number of ether oxygens (including phenoxy) is 1. The van der Waals surface area contributed by atoms with Gasteiger partial charge >= 0.3 is 12.5 Å². The summed E-state index contributed by atoms with van der Waals surface area (Å²) in [6.45, 7) is 4.21. The van der Waals surface area contributed by atoms with E-state index in [1.807, 2.05) is 13.8 Å². The Balaban J connectivity index is 0.000000970. The van der Waals surface area contributed by atoms with E-state index in [1.54, 1.807) is 10.7 Å². The molecule has 0 aliphatic rings. The number of nitrogens with zero attached hydrogens (tertiary/aromatic N) is 2. The second-order valence-corrected chi connectivity index (χ2v) is 5.84. The van der Waals surface area contributed by atoms with Gasteiger partial charge in [-0.15, -0.1) is 13.2 Å². The van der Waals surface area contributed by atoms with Crippen LogP contribution in [0.15, 0.2) is 22.7 Å². The van der Waals surface area contributed by atoms with Crippen molar-refractivity contribution in [2.24, 2.45) is 0 Å². The van der Waals surface area contributed by atoms with Crippen LogP contribution in [0.1, 0.15) is 19.5 Å². The third-order valence-electron chi connectivity index (χ3n) is 3.02. The van der Waals surface area contributed by atoms with Gasteiger partial charge in [-0.1, -0.05) is 34.5 Å². The van der Waals surface area contributed by atoms with Crippen molar-refractivity contribution >= 4 is 33.7 Å². The smallest absolute Gasteiger partial charge is 0.405 e. The van der Waals surface area contributed by atoms with E-state index in [0.717, 1.165) is 0 Å². The summed E-state index contributed by atoms with van der Waals surface area (Å²) in [5.74, 6) is -0.318. The number of hydrogen-bond donors (Lipinski definition) is 0. The Kier molecular flexibility index (Phi) is 7.66. The first kappa shape index (κ1) is 21.2. The molecule has 1 aromatic carbocycles. The van der Waals surface area contributed by atoms with Gasteiger partial charge in [-0.2, -0.15) is 14.7 Å². The lowest BCUT2D eigenvalue weighted by Crippen LogP contribution is -2.18. The molecule has 25 heavy (non-hydrogen) atoms. The third-order valence-corrected chi connectivity index (χ3v) is 3.91. The monoisotopic (exact) mass is 440 g/mol. The lowest BCUT2D eigenvalue weighted by Gasteiger charge is -2.14. The summed E-state index contributed by atoms with van der Waals surface area (Å²) in [4.78, 5) is 16.2. The van der Waals surface area contributed by atoms with Crippen LogP contribution in [0.3, 0.4) is 0 Å². The highest BCUT2D eigenvalue weighted by Gasteiger charge is 2.33. The molecular weight excluding hydrogens is 429 g/mol. The molecule has 2 rings (SSSR count). The van der Waals surface area contributed by atoms with Crippen molar-refractivity contribution in [3.05, 3.63) is 33.4 Å². The number of hydrogen-bond acceptors (Lipinski definition) is 4. The first-order valence-corrected chi connectivity index (χ1v) is 8.15. The highest BCUT2D eigenvalue weighted by molar-refractivity contribution is 9.10. The van der Waals surface area contributed by atoms with Gasteiger partial charge in [0.15, 0.2) is 0 Å². The standard InChI is InChI=1S/C14H13BrClF3N2O.CO2/c1-3-10-12(16)13(21(4-2)20-10)9-6-5-8(15)7-11(9)22-14(17,18)19;2-1-3/h5-7H,3-4H2,1-2H3;. The van der Waals surface area contributed by atoms with E-state index < -0.39 is 6.36 Å². The highest BCUT2D eigenvalue weighted by atomic mass is 79.9. The molecule has 0 saturated heterocycles. The predicted molar refractivity (Wildman–Crippen MR) is 87.1 cm³/mol. The number of aryl methyl sites for hydroxylation is 2. The Morgan fingerprint density at radius 2 is 1.92 bits per heavy atom. The minimum atomic E-state index is -4.79. The van der Waals surface area contributed by atoms with Gasteiger partial charge < -0.3 is 4.74 Å². The lowest BCUT2D eigenvalue weighted by atomic mass is 10.1. The largest absolute Gasteiger partial charge is 0.573 e. The maximum Gasteiger partial charge on any atom is 0.573 e. The molecule has 2 aromatic rings. The van der Waals surface area contributed by atoms with Crippen molar-refractivity contribution in [1.29, 1.82) is 0 Å². The molecule has 0 amide bonds. The predicted octanol–water partition coefficient (Wildman–Crippen LogP) is 4.86. The Morgan fingerprint density at radius 3 is 2.40 bits per heavy atom. The van der Waals surface area contributed by atoms with Crippen LogP contribution in [0, 0.1) is 0 Å². The SMILES string of the molecule is CCc1nn(CC)c(-c2ccc(Br)cc2OC(F)(F)F)c1Cl.O=C=O. The Labute approximate surface area is 154 Å². The molecule has 0 radical (unpaired) electrons. The van der Waals surface area contributed by atoms with Crippen LogP contribution in [0.4, 0.5) is 13.2 Å². The van der Waals surface area contributed by atoms with Crippen LogP contribution in [-0.4, -0.2) is 22.3 Å². The zero-order chi connectivity index (χ0) is 19.2. The number of alkyl halides is 3. The molecule has 10 heteroatoms. The molecule has 0 bridgehead atoms. The molecule has 0 saturated carbocycles. The molecule has 0 spiro atoms. The fourth-order valence-corrected chi connectivity index (χ4v) is 2.81. The van der Waals surface area contributed by atoms with Crippen LogP contribution >= 0.6 is 27.5 Å². The second kappa shape index (κ2) is 9.03. The first-order chi connectivity index (χ1) is 11.7. The normalized spacial score (nSPS) is 10.7. The van der Waals surface area contributed by atoms with Gasteiger partial charge in [0.2, 0.25) is 0 Å². The molecule has 0 atom stereocenters. The Morgan fingerprint density at radius 1 is 1.32 bits per heavy atom. The summed E-state index contributed by atoms with van der Waals surface area (Å²) in [5, 5.41) is 4.67. The summed E-state index contributed by atoms with van der Waals surface area (Å²) in [5.41, 5.74) is 1.31. The van der Waals surface area contributed by atoms with Crippen LogP contribution in [0.2, 0.25) is 5.02 Å². The maximum atomic E-state index is 12.6. The van der Waals surface area contributed by atoms with Gasteiger partial charge in [0.1, 0.15) is 5.75 Å². The summed E-state index contributed by atoms with van der Waals surface area (Å²) >= 11 is 9.44. The Bertz CT molecular complexity index is 772. The van der Waals surface area contributed by atoms with Gasteiger partial charge in [0.25, 0.3) is 0 Å². The number of benzene rings is 1. The fourth-order valence-electron chi connectivity index (χ4n) is 2.10. The number of aromatic nitrogens is 2. The van der Waals surface area contributed by atoms with E-state index in [9.17, 15) is 13.2 Å². The molecule has 0 fully saturated rings. The van der Waals surface area contributed by atoms with Crippen LogP contribution in [0.5, 0.6) is 5.75 Å². The summed E-state index contributed by atoms with van der Waals surface area (Å²) < 4.78 is 44.1. The van der Waals surface area contributed by atoms with Gasteiger partial charge in [-0.25, -0.2) is 0 Å². The van der Waals surface area contributed by atoms with Crippen molar-refractivity contribution in [2.45, 2.75) is 33.2 Å². The molecule has 1 aromatic heterocycles. The summed E-state index contributed by atoms with van der Waals surface area (Å²) in [6, 6.07) is 4.42. The van der Waals surface area contributed by atoms with E-state index in [-0.39, 0.29) is 17.5 Å². The van der Waals surface area contributed by atoms with E-state index in [0.29, 0.717) is 33.8 Å². The van der Waals surface area contributed by atoms with Gasteiger partial charge in [-0.3, -0.25) is 4.68 Å². The van der Waals surface area contributed by atoms with E-state index in [4.69, 9.17) is 21.2 Å². The minimum absolute atomic E-state index is 0.250. The van der Waals surface area contributed by atoms with E-state index in [1.165, 1.54) is 12.1 Å². The quantitative estimate of drug-likeness (QED) is 0.680. The number of halogens is 5. The van der Waals surface area contributed by atoms with Gasteiger partial charge in [0, 0.05) is 16.6 Å². The molecule has 5 nitrogen and oxygen atoms in total. The minimum Gasteiger partial charge on any atom is -0.405 e. The molecule has 0 aliphatic carbocycles. The van der Waals surface area contributed by atoms with Crippen molar-refractivity contribution < 1.29 is 27.5 Å². The second-order valence-electron chi connectivity index (χ2n) is 4.55. The highest BCUT2D eigenvalue weighted by Crippen LogP contribution is 2.40. The molecule has 1 heterocycles. The molecule has 136 valence electrons. The molecule has 0 N–H and O–H groups in total. The summed E-state index contributed by atoms with van der Waals surface area (Å²) in [7, 11) is 0. The zero-order valence-corrected chi connectivity index (χ0v) is 15.5. The van der Waals surface area contributed by atoms with Crippen molar-refractivity contribution in [2.75, 3.05) is 0 Å². The average Bonchev–Trinajstić information content (AvgIpc) is 2.83. The number of carbonyl (C=O) groups excluding carboxylic acids is 2. The first-order valence-electron chi connectivity index (χ1n) is 6.98. The zero-order valence-electron chi connectivity index (χ0n) is 13.2. The van der Waals surface area contributed by atoms with Crippen molar-refractivity contribution in [3.8, 4) is 17.0 Å². The molecular formula is C15H13BrClF3N2O3. The van der Waals surface area contributed by atoms with Gasteiger partial charge in [-0.05, 0) is 31.5 Å². The fraction of sp³-hybridized carbons (Fsp3) is 0.333. The van der Waals surface area contributed by atoms with E-state index >= 15 is 0 Å². The average molecular weight is 442 g/mol. The van der Waals surface area contributed by atoms with Crippen molar-refractivity contribution in [3.63, 3.8) is 0 Å².